The van der Waals surface area contributed by atoms with Gasteiger partial charge in [-0.15, -0.1) is 17.0 Å². The fourth-order valence-corrected chi connectivity index (χ4v) is 1.24. The van der Waals surface area contributed by atoms with Crippen LogP contribution < -0.4 is 10.6 Å². The van der Waals surface area contributed by atoms with Gasteiger partial charge in [0, 0.05) is 0 Å². The van der Waals surface area contributed by atoms with Gasteiger partial charge in [-0.25, -0.2) is 0 Å². The van der Waals surface area contributed by atoms with Crippen molar-refractivity contribution in [3.05, 3.63) is 0 Å². The molecular weight excluding hydrogens is 304 g/mol. The topological polar surface area (TPSA) is 98.7 Å². The minimum absolute atomic E-state index is 0. The summed E-state index contributed by atoms with van der Waals surface area (Å²) >= 11 is 0. The summed E-state index contributed by atoms with van der Waals surface area (Å²) in [4.78, 5) is 21.0. The summed E-state index contributed by atoms with van der Waals surface area (Å²) in [5, 5.41) is 23.0. The van der Waals surface area contributed by atoms with Crippen molar-refractivity contribution < 1.29 is 19.8 Å². The lowest BCUT2D eigenvalue weighted by Crippen LogP contribution is -2.35. The largest absolute Gasteiger partial charge is 0.480 e. The van der Waals surface area contributed by atoms with Gasteiger partial charge in [0.1, 0.15) is 12.1 Å². The Hall–Kier alpha value is -0.660. The maximum Gasteiger partial charge on any atom is 0.320 e. The molecule has 2 atom stereocenters. The molecule has 0 radical (unpaired) electrons. The molecule has 0 rings (SSSR count). The summed E-state index contributed by atoms with van der Waals surface area (Å²) in [7, 11) is 0. The average Bonchev–Trinajstić information content (AvgIpc) is 2.26. The normalized spacial score (nSPS) is 13.4. The van der Waals surface area contributed by atoms with E-state index in [2.05, 4.69) is 10.6 Å². The van der Waals surface area contributed by atoms with Crippen molar-refractivity contribution in [3.63, 3.8) is 0 Å². The van der Waals surface area contributed by atoms with Gasteiger partial charge in [0.25, 0.3) is 0 Å². The Kier molecular flexibility index (Phi) is 12.5. The van der Waals surface area contributed by atoms with Crippen molar-refractivity contribution in [2.45, 2.75) is 45.2 Å². The predicted molar refractivity (Wildman–Crippen MR) is 74.4 cm³/mol. The molecule has 0 aromatic carbocycles. The highest BCUT2D eigenvalue weighted by Crippen LogP contribution is 1.94. The summed E-state index contributed by atoms with van der Waals surface area (Å²) in [6, 6.07) is -1.03. The van der Waals surface area contributed by atoms with E-state index in [4.69, 9.17) is 10.2 Å². The van der Waals surface area contributed by atoms with Gasteiger partial charge >= 0.3 is 11.9 Å². The molecule has 0 spiro atoms. The van der Waals surface area contributed by atoms with E-state index in [9.17, 15) is 9.59 Å². The first-order chi connectivity index (χ1) is 7.95. The Balaban J connectivity index is 0. The Morgan fingerprint density at radius 1 is 0.889 bits per heavy atom. The Morgan fingerprint density at radius 3 is 1.50 bits per heavy atom. The van der Waals surface area contributed by atoms with E-state index in [0.717, 1.165) is 19.3 Å². The summed E-state index contributed by atoms with van der Waals surface area (Å²) in [6.07, 6.45) is 2.72. The second-order valence-electron chi connectivity index (χ2n) is 4.09. The van der Waals surface area contributed by atoms with Crippen LogP contribution in [0.1, 0.15) is 33.1 Å². The molecule has 0 saturated heterocycles. The van der Waals surface area contributed by atoms with Crippen molar-refractivity contribution in [1.82, 2.24) is 10.6 Å². The van der Waals surface area contributed by atoms with E-state index in [1.807, 2.05) is 0 Å². The van der Waals surface area contributed by atoms with Gasteiger partial charge in [0.15, 0.2) is 0 Å². The first-order valence-corrected chi connectivity index (χ1v) is 5.87. The highest BCUT2D eigenvalue weighted by molar-refractivity contribution is 8.93. The number of hydrogen-bond donors (Lipinski definition) is 4. The van der Waals surface area contributed by atoms with E-state index in [1.54, 1.807) is 13.8 Å². The van der Waals surface area contributed by atoms with Crippen LogP contribution in [0.5, 0.6) is 0 Å². The molecule has 0 bridgehead atoms. The third-order valence-corrected chi connectivity index (χ3v) is 2.50. The number of aliphatic carboxylic acids is 2. The zero-order valence-electron chi connectivity index (χ0n) is 10.8. The highest BCUT2D eigenvalue weighted by atomic mass is 79.9. The second kappa shape index (κ2) is 11.4. The molecule has 0 aliphatic carbocycles. The van der Waals surface area contributed by atoms with E-state index < -0.39 is 24.0 Å². The van der Waals surface area contributed by atoms with Crippen molar-refractivity contribution in [2.75, 3.05) is 13.1 Å². The van der Waals surface area contributed by atoms with Crippen LogP contribution >= 0.6 is 17.0 Å². The van der Waals surface area contributed by atoms with Gasteiger partial charge in [0.2, 0.25) is 0 Å². The monoisotopic (exact) mass is 326 g/mol. The van der Waals surface area contributed by atoms with Gasteiger partial charge in [-0.1, -0.05) is 6.42 Å². The number of rotatable bonds is 10. The van der Waals surface area contributed by atoms with Crippen molar-refractivity contribution >= 4 is 28.9 Å². The molecule has 0 fully saturated rings. The summed E-state index contributed by atoms with van der Waals surface area (Å²) in [5.74, 6) is -1.69. The average molecular weight is 327 g/mol. The van der Waals surface area contributed by atoms with Crippen LogP contribution in [0.25, 0.3) is 0 Å². The van der Waals surface area contributed by atoms with Crippen LogP contribution in [0.3, 0.4) is 0 Å². The third-order valence-electron chi connectivity index (χ3n) is 2.50. The first kappa shape index (κ1) is 19.7. The van der Waals surface area contributed by atoms with Gasteiger partial charge in [-0.3, -0.25) is 9.59 Å². The second-order valence-corrected chi connectivity index (χ2v) is 4.09. The van der Waals surface area contributed by atoms with Gasteiger partial charge < -0.3 is 20.8 Å². The van der Waals surface area contributed by atoms with Gasteiger partial charge in [-0.05, 0) is 39.8 Å². The van der Waals surface area contributed by atoms with Crippen LogP contribution in [0, 0.1) is 0 Å². The maximum absolute atomic E-state index is 10.5. The molecule has 0 amide bonds. The van der Waals surface area contributed by atoms with E-state index in [-0.39, 0.29) is 17.0 Å². The fraction of sp³-hybridized carbons (Fsp3) is 0.818. The lowest BCUT2D eigenvalue weighted by atomic mass is 10.2. The van der Waals surface area contributed by atoms with Gasteiger partial charge in [-0.2, -0.15) is 0 Å². The standard InChI is InChI=1S/C11H22N2O4.BrH/c1-8(10(14)15)12-6-4-3-5-7-13-9(2)11(16)17;/h8-9,12-13H,3-7H2,1-2H3,(H,14,15)(H,16,17);1H. The molecule has 108 valence electrons. The number of halogens is 1. The first-order valence-electron chi connectivity index (χ1n) is 5.87. The molecule has 0 saturated carbocycles. The van der Waals surface area contributed by atoms with Crippen molar-refractivity contribution in [2.24, 2.45) is 0 Å². The Bertz CT molecular complexity index is 227. The molecule has 0 aliphatic rings. The van der Waals surface area contributed by atoms with Crippen LogP contribution in [-0.2, 0) is 9.59 Å². The van der Waals surface area contributed by atoms with Crippen LogP contribution in [0.15, 0.2) is 0 Å². The Labute approximate surface area is 118 Å². The lowest BCUT2D eigenvalue weighted by molar-refractivity contribution is -0.139. The zero-order valence-corrected chi connectivity index (χ0v) is 12.5. The van der Waals surface area contributed by atoms with Crippen LogP contribution in [0.2, 0.25) is 0 Å². The molecular formula is C11H23BrN2O4. The maximum atomic E-state index is 10.5. The molecule has 2 unspecified atom stereocenters. The summed E-state index contributed by atoms with van der Waals surface area (Å²) in [5.41, 5.74) is 0. The molecule has 0 heterocycles. The van der Waals surface area contributed by atoms with Crippen molar-refractivity contribution in [3.8, 4) is 0 Å². The Morgan fingerprint density at radius 2 is 1.22 bits per heavy atom. The van der Waals surface area contributed by atoms with Crippen LogP contribution in [0.4, 0.5) is 0 Å². The number of carbonyl (C=O) groups is 2. The smallest absolute Gasteiger partial charge is 0.320 e. The highest BCUT2D eigenvalue weighted by Gasteiger charge is 2.09. The SMILES string of the molecule is Br.CC(NCCCCCNC(C)C(=O)O)C(=O)O. The van der Waals surface area contributed by atoms with E-state index in [0.29, 0.717) is 13.1 Å². The molecule has 0 aromatic heterocycles. The summed E-state index contributed by atoms with van der Waals surface area (Å²) < 4.78 is 0. The number of carboxylic acid groups (broad SMARTS) is 2. The van der Waals surface area contributed by atoms with E-state index >= 15 is 0 Å². The molecule has 7 heteroatoms. The quantitative estimate of drug-likeness (QED) is 0.444. The zero-order chi connectivity index (χ0) is 13.3. The molecule has 4 N–H and O–H groups in total. The van der Waals surface area contributed by atoms with Crippen LogP contribution in [-0.4, -0.2) is 47.3 Å². The number of carboxylic acids is 2. The fourth-order valence-electron chi connectivity index (χ4n) is 1.24. The van der Waals surface area contributed by atoms with Gasteiger partial charge in [0.05, 0.1) is 0 Å². The third kappa shape index (κ3) is 10.5. The molecule has 0 aromatic rings. The lowest BCUT2D eigenvalue weighted by Gasteiger charge is -2.10. The summed E-state index contributed by atoms with van der Waals surface area (Å²) in [6.45, 7) is 4.56. The molecule has 0 aliphatic heterocycles. The minimum atomic E-state index is -0.845. The number of unbranched alkanes of at least 4 members (excludes halogenated alkanes) is 2. The van der Waals surface area contributed by atoms with E-state index in [1.165, 1.54) is 0 Å². The van der Waals surface area contributed by atoms with Crippen molar-refractivity contribution in [1.29, 1.82) is 0 Å². The number of hydrogen-bond acceptors (Lipinski definition) is 4. The molecule has 6 nitrogen and oxygen atoms in total. The molecule has 18 heavy (non-hydrogen) atoms. The predicted octanol–water partition coefficient (Wildman–Crippen LogP) is 0.860. The number of nitrogens with one attached hydrogen (secondary N) is 2. The minimum Gasteiger partial charge on any atom is -0.480 e.